The fraction of sp³-hybridized carbons (Fsp3) is 0.333. The van der Waals surface area contributed by atoms with E-state index in [1.54, 1.807) is 12.1 Å². The average molecular weight is 419 g/mol. The summed E-state index contributed by atoms with van der Waals surface area (Å²) in [6, 6.07) is 14.9. The van der Waals surface area contributed by atoms with E-state index in [-0.39, 0.29) is 11.8 Å². The fourth-order valence-electron chi connectivity index (χ4n) is 3.09. The van der Waals surface area contributed by atoms with Gasteiger partial charge in [-0.05, 0) is 61.4 Å². The van der Waals surface area contributed by atoms with E-state index in [1.807, 2.05) is 36.4 Å². The molecule has 1 aliphatic rings. The van der Waals surface area contributed by atoms with E-state index in [2.05, 4.69) is 4.90 Å². The molecule has 0 aromatic heterocycles. The highest BCUT2D eigenvalue weighted by Crippen LogP contribution is 2.21. The second-order valence-corrected chi connectivity index (χ2v) is 7.47. The molecular formula is C21H23ClN2O3S. The fourth-order valence-corrected chi connectivity index (χ4v) is 3.54. The van der Waals surface area contributed by atoms with Gasteiger partial charge in [0.25, 0.3) is 0 Å². The summed E-state index contributed by atoms with van der Waals surface area (Å²) in [6.45, 7) is 2.39. The van der Waals surface area contributed by atoms with Crippen molar-refractivity contribution in [3.63, 3.8) is 0 Å². The van der Waals surface area contributed by atoms with Gasteiger partial charge in [-0.15, -0.1) is 0 Å². The SMILES string of the molecule is NC(=O)C1CCN(C(=S)c2ccc(OCCOc3ccc(Cl)cc3)cc2)CC1. The number of nitrogens with zero attached hydrogens (tertiary/aromatic N) is 1. The zero-order valence-corrected chi connectivity index (χ0v) is 17.0. The van der Waals surface area contributed by atoms with Crippen molar-refractivity contribution >= 4 is 34.7 Å². The Morgan fingerprint density at radius 1 is 1.00 bits per heavy atom. The molecule has 5 nitrogen and oxygen atoms in total. The summed E-state index contributed by atoms with van der Waals surface area (Å²) in [7, 11) is 0. The molecule has 1 heterocycles. The van der Waals surface area contributed by atoms with Crippen molar-refractivity contribution in [2.45, 2.75) is 12.8 Å². The quantitative estimate of drug-likeness (QED) is 0.549. The molecule has 2 aromatic rings. The Morgan fingerprint density at radius 3 is 2.00 bits per heavy atom. The first-order chi connectivity index (χ1) is 13.5. The molecule has 0 spiro atoms. The molecule has 1 amide bonds. The van der Waals surface area contributed by atoms with Gasteiger partial charge in [-0.3, -0.25) is 4.79 Å². The van der Waals surface area contributed by atoms with Crippen molar-refractivity contribution in [2.24, 2.45) is 11.7 Å². The lowest BCUT2D eigenvalue weighted by Crippen LogP contribution is -2.41. The van der Waals surface area contributed by atoms with Crippen LogP contribution in [0.4, 0.5) is 0 Å². The lowest BCUT2D eigenvalue weighted by atomic mass is 9.96. The highest BCUT2D eigenvalue weighted by atomic mass is 35.5. The van der Waals surface area contributed by atoms with E-state index < -0.39 is 0 Å². The van der Waals surface area contributed by atoms with Crippen LogP contribution in [-0.2, 0) is 4.79 Å². The van der Waals surface area contributed by atoms with Crippen LogP contribution in [0.25, 0.3) is 0 Å². The van der Waals surface area contributed by atoms with E-state index in [4.69, 9.17) is 39.0 Å². The average Bonchev–Trinajstić information content (AvgIpc) is 2.72. The molecule has 0 bridgehead atoms. The molecule has 1 saturated heterocycles. The third-order valence-electron chi connectivity index (χ3n) is 4.72. The maximum atomic E-state index is 11.3. The second kappa shape index (κ2) is 9.75. The van der Waals surface area contributed by atoms with Crippen molar-refractivity contribution in [3.8, 4) is 11.5 Å². The first-order valence-electron chi connectivity index (χ1n) is 9.23. The van der Waals surface area contributed by atoms with Gasteiger partial charge >= 0.3 is 0 Å². The van der Waals surface area contributed by atoms with Gasteiger partial charge in [0.15, 0.2) is 0 Å². The first kappa shape index (κ1) is 20.4. The summed E-state index contributed by atoms with van der Waals surface area (Å²) in [5, 5.41) is 0.679. The second-order valence-electron chi connectivity index (χ2n) is 6.64. The molecule has 148 valence electrons. The number of primary amides is 1. The molecule has 0 aliphatic carbocycles. The topological polar surface area (TPSA) is 64.8 Å². The number of hydrogen-bond acceptors (Lipinski definition) is 4. The Morgan fingerprint density at radius 2 is 1.50 bits per heavy atom. The largest absolute Gasteiger partial charge is 0.490 e. The minimum atomic E-state index is -0.216. The van der Waals surface area contributed by atoms with Gasteiger partial charge in [0.2, 0.25) is 5.91 Å². The van der Waals surface area contributed by atoms with Gasteiger partial charge in [0.1, 0.15) is 29.7 Å². The normalized spacial score (nSPS) is 14.5. The van der Waals surface area contributed by atoms with Gasteiger partial charge in [-0.25, -0.2) is 0 Å². The smallest absolute Gasteiger partial charge is 0.220 e. The van der Waals surface area contributed by atoms with Crippen LogP contribution in [0.2, 0.25) is 5.02 Å². The zero-order chi connectivity index (χ0) is 19.9. The van der Waals surface area contributed by atoms with E-state index in [1.165, 1.54) is 0 Å². The molecular weight excluding hydrogens is 396 g/mol. The number of thiocarbonyl (C=S) groups is 1. The lowest BCUT2D eigenvalue weighted by molar-refractivity contribution is -0.122. The van der Waals surface area contributed by atoms with Crippen LogP contribution in [0, 0.1) is 5.92 Å². The highest BCUT2D eigenvalue weighted by molar-refractivity contribution is 7.80. The van der Waals surface area contributed by atoms with Crippen molar-refractivity contribution < 1.29 is 14.3 Å². The summed E-state index contributed by atoms with van der Waals surface area (Å²) >= 11 is 11.4. The summed E-state index contributed by atoms with van der Waals surface area (Å²) < 4.78 is 11.3. The van der Waals surface area contributed by atoms with Crippen molar-refractivity contribution in [1.29, 1.82) is 0 Å². The number of hydrogen-bond donors (Lipinski definition) is 1. The zero-order valence-electron chi connectivity index (χ0n) is 15.5. The Hall–Kier alpha value is -2.31. The molecule has 2 N–H and O–H groups in total. The first-order valence-corrected chi connectivity index (χ1v) is 10.0. The van der Waals surface area contributed by atoms with E-state index >= 15 is 0 Å². The van der Waals surface area contributed by atoms with Gasteiger partial charge in [-0.2, -0.15) is 0 Å². The number of nitrogens with two attached hydrogens (primary N) is 1. The van der Waals surface area contributed by atoms with Crippen molar-refractivity contribution in [3.05, 3.63) is 59.1 Å². The Labute approximate surface area is 175 Å². The summed E-state index contributed by atoms with van der Waals surface area (Å²) in [5.41, 5.74) is 6.36. The molecule has 28 heavy (non-hydrogen) atoms. The lowest BCUT2D eigenvalue weighted by Gasteiger charge is -2.32. The molecule has 0 saturated carbocycles. The molecule has 1 aliphatic heterocycles. The van der Waals surface area contributed by atoms with Crippen molar-refractivity contribution in [1.82, 2.24) is 4.90 Å². The summed E-state index contributed by atoms with van der Waals surface area (Å²) in [6.07, 6.45) is 1.51. The molecule has 7 heteroatoms. The summed E-state index contributed by atoms with van der Waals surface area (Å²) in [4.78, 5) is 14.2. The van der Waals surface area contributed by atoms with Crippen molar-refractivity contribution in [2.75, 3.05) is 26.3 Å². The number of piperidine rings is 1. The predicted octanol–water partition coefficient (Wildman–Crippen LogP) is 3.67. The van der Waals surface area contributed by atoms with Gasteiger partial charge in [-0.1, -0.05) is 23.8 Å². The highest BCUT2D eigenvalue weighted by Gasteiger charge is 2.24. The Balaban J connectivity index is 1.43. The molecule has 0 radical (unpaired) electrons. The third kappa shape index (κ3) is 5.59. The molecule has 2 aromatic carbocycles. The van der Waals surface area contributed by atoms with Crippen LogP contribution >= 0.6 is 23.8 Å². The van der Waals surface area contributed by atoms with Crippen LogP contribution in [0.15, 0.2) is 48.5 Å². The molecule has 3 rings (SSSR count). The number of carbonyl (C=O) groups excluding carboxylic acids is 1. The minimum absolute atomic E-state index is 0.0371. The van der Waals surface area contributed by atoms with E-state index in [0.717, 1.165) is 48.0 Å². The van der Waals surface area contributed by atoms with Gasteiger partial charge in [0.05, 0.1) is 0 Å². The molecule has 0 unspecified atom stereocenters. The van der Waals surface area contributed by atoms with Crippen LogP contribution < -0.4 is 15.2 Å². The number of likely N-dealkylation sites (tertiary alicyclic amines) is 1. The molecule has 0 atom stereocenters. The minimum Gasteiger partial charge on any atom is -0.490 e. The van der Waals surface area contributed by atoms with Gasteiger partial charge in [0, 0.05) is 29.6 Å². The van der Waals surface area contributed by atoms with Crippen LogP contribution in [0.5, 0.6) is 11.5 Å². The standard InChI is InChI=1S/C21H23ClN2O3S/c22-17-3-7-19(8-4-17)27-14-13-26-18-5-1-16(2-6-18)21(28)24-11-9-15(10-12-24)20(23)25/h1-8,15H,9-14H2,(H2,23,25). The number of rotatable bonds is 7. The number of amides is 1. The Kier molecular flexibility index (Phi) is 7.12. The monoisotopic (exact) mass is 418 g/mol. The molecule has 1 fully saturated rings. The number of carbonyl (C=O) groups is 1. The maximum absolute atomic E-state index is 11.3. The third-order valence-corrected chi connectivity index (χ3v) is 5.47. The van der Waals surface area contributed by atoms with E-state index in [9.17, 15) is 4.79 Å². The predicted molar refractivity (Wildman–Crippen MR) is 114 cm³/mol. The Bertz CT molecular complexity index is 803. The van der Waals surface area contributed by atoms with Crippen LogP contribution in [-0.4, -0.2) is 42.1 Å². The number of benzene rings is 2. The van der Waals surface area contributed by atoms with Crippen LogP contribution in [0.1, 0.15) is 18.4 Å². The van der Waals surface area contributed by atoms with E-state index in [0.29, 0.717) is 18.2 Å². The summed E-state index contributed by atoms with van der Waals surface area (Å²) in [5.74, 6) is 1.27. The number of halogens is 1. The number of ether oxygens (including phenoxy) is 2. The maximum Gasteiger partial charge on any atom is 0.220 e. The van der Waals surface area contributed by atoms with Gasteiger partial charge < -0.3 is 20.1 Å². The van der Waals surface area contributed by atoms with Crippen LogP contribution in [0.3, 0.4) is 0 Å².